The molecule has 3 aromatic rings. The van der Waals surface area contributed by atoms with E-state index in [0.717, 1.165) is 11.4 Å². The van der Waals surface area contributed by atoms with Crippen LogP contribution in [0.3, 0.4) is 0 Å². The molecule has 1 aromatic carbocycles. The van der Waals surface area contributed by atoms with Crippen LogP contribution < -0.4 is 4.90 Å². The van der Waals surface area contributed by atoms with Gasteiger partial charge in [-0.3, -0.25) is 4.79 Å². The van der Waals surface area contributed by atoms with E-state index in [-0.39, 0.29) is 12.3 Å². The van der Waals surface area contributed by atoms with Crippen molar-refractivity contribution < 1.29 is 9.21 Å². The Morgan fingerprint density at radius 3 is 2.85 bits per heavy atom. The van der Waals surface area contributed by atoms with Crippen molar-refractivity contribution >= 4 is 23.4 Å². The molecular weight excluding hydrogens is 364 g/mol. The Balaban J connectivity index is 1.72. The van der Waals surface area contributed by atoms with Gasteiger partial charge < -0.3 is 9.32 Å². The standard InChI is InChI=1S/C18H18N6O2S/c1-14(17(25)23(11-6-10-19)15-7-3-2-4-8-15)27-18-20-21-22-24(18)13-16-9-5-12-26-16/h2-5,7-9,12,14H,6,11,13H2,1H3. The van der Waals surface area contributed by atoms with Gasteiger partial charge in [-0.1, -0.05) is 30.0 Å². The van der Waals surface area contributed by atoms with Crippen LogP contribution in [0.2, 0.25) is 0 Å². The summed E-state index contributed by atoms with van der Waals surface area (Å²) in [5.41, 5.74) is 0.764. The highest BCUT2D eigenvalue weighted by Gasteiger charge is 2.25. The topological polar surface area (TPSA) is 101 Å². The van der Waals surface area contributed by atoms with Gasteiger partial charge in [0.25, 0.3) is 0 Å². The number of hydrogen-bond donors (Lipinski definition) is 0. The predicted molar refractivity (Wildman–Crippen MR) is 100.0 cm³/mol. The summed E-state index contributed by atoms with van der Waals surface area (Å²) in [6.45, 7) is 2.53. The fraction of sp³-hybridized carbons (Fsp3) is 0.278. The zero-order valence-electron chi connectivity index (χ0n) is 14.7. The first-order valence-corrected chi connectivity index (χ1v) is 9.25. The Labute approximate surface area is 160 Å². The molecule has 9 heteroatoms. The van der Waals surface area contributed by atoms with Crippen LogP contribution in [0, 0.1) is 11.3 Å². The van der Waals surface area contributed by atoms with E-state index in [1.165, 1.54) is 11.8 Å². The lowest BCUT2D eigenvalue weighted by Crippen LogP contribution is -2.37. The molecule has 0 aliphatic heterocycles. The zero-order valence-corrected chi connectivity index (χ0v) is 15.5. The highest BCUT2D eigenvalue weighted by atomic mass is 32.2. The Hall–Kier alpha value is -3.12. The van der Waals surface area contributed by atoms with Crippen molar-refractivity contribution in [3.05, 3.63) is 54.5 Å². The van der Waals surface area contributed by atoms with Crippen LogP contribution in [0.1, 0.15) is 19.1 Å². The molecule has 138 valence electrons. The average Bonchev–Trinajstić information content (AvgIpc) is 3.35. The van der Waals surface area contributed by atoms with Crippen molar-refractivity contribution in [2.75, 3.05) is 11.4 Å². The molecule has 3 rings (SSSR count). The molecule has 0 radical (unpaired) electrons. The number of amides is 1. The van der Waals surface area contributed by atoms with Crippen molar-refractivity contribution in [2.45, 2.75) is 30.3 Å². The van der Waals surface area contributed by atoms with E-state index in [1.807, 2.05) is 36.4 Å². The third-order valence-electron chi connectivity index (χ3n) is 3.80. The number of para-hydroxylation sites is 1. The minimum atomic E-state index is -0.426. The number of tetrazole rings is 1. The van der Waals surface area contributed by atoms with E-state index in [2.05, 4.69) is 21.6 Å². The third-order valence-corrected chi connectivity index (χ3v) is 4.85. The highest BCUT2D eigenvalue weighted by Crippen LogP contribution is 2.25. The lowest BCUT2D eigenvalue weighted by molar-refractivity contribution is -0.117. The Morgan fingerprint density at radius 1 is 1.33 bits per heavy atom. The second kappa shape index (κ2) is 9.00. The quantitative estimate of drug-likeness (QED) is 0.552. The van der Waals surface area contributed by atoms with Gasteiger partial charge in [-0.15, -0.1) is 5.10 Å². The second-order valence-corrected chi connectivity index (χ2v) is 7.00. The van der Waals surface area contributed by atoms with Crippen LogP contribution in [0.15, 0.2) is 58.3 Å². The number of benzene rings is 1. The molecule has 0 fully saturated rings. The lowest BCUT2D eigenvalue weighted by atomic mass is 10.2. The summed E-state index contributed by atoms with van der Waals surface area (Å²) >= 11 is 1.27. The van der Waals surface area contributed by atoms with Gasteiger partial charge in [0.05, 0.1) is 24.0 Å². The van der Waals surface area contributed by atoms with Crippen molar-refractivity contribution in [3.8, 4) is 6.07 Å². The van der Waals surface area contributed by atoms with Crippen LogP contribution >= 0.6 is 11.8 Å². The molecule has 1 amide bonds. The van der Waals surface area contributed by atoms with E-state index >= 15 is 0 Å². The monoisotopic (exact) mass is 382 g/mol. The SMILES string of the molecule is CC(Sc1nnnn1Cc1ccco1)C(=O)N(CCC#N)c1ccccc1. The Kier molecular flexibility index (Phi) is 6.22. The minimum absolute atomic E-state index is 0.103. The number of carbonyl (C=O) groups is 1. The molecule has 0 spiro atoms. The Bertz CT molecular complexity index is 904. The number of furan rings is 1. The van der Waals surface area contributed by atoms with Gasteiger partial charge >= 0.3 is 0 Å². The molecule has 2 heterocycles. The molecule has 27 heavy (non-hydrogen) atoms. The molecule has 1 atom stereocenters. The number of thioether (sulfide) groups is 1. The number of nitriles is 1. The van der Waals surface area contributed by atoms with Gasteiger partial charge in [0.15, 0.2) is 0 Å². The normalized spacial score (nSPS) is 11.7. The second-order valence-electron chi connectivity index (χ2n) is 5.69. The number of anilines is 1. The zero-order chi connectivity index (χ0) is 19.1. The maximum atomic E-state index is 13.0. The van der Waals surface area contributed by atoms with E-state index in [9.17, 15) is 4.79 Å². The average molecular weight is 382 g/mol. The summed E-state index contributed by atoms with van der Waals surface area (Å²) in [7, 11) is 0. The van der Waals surface area contributed by atoms with E-state index in [1.54, 1.807) is 28.8 Å². The number of rotatable bonds is 8. The summed E-state index contributed by atoms with van der Waals surface area (Å²) in [6, 6.07) is 15.1. The molecule has 8 nitrogen and oxygen atoms in total. The number of nitrogens with zero attached hydrogens (tertiary/aromatic N) is 6. The first kappa shape index (κ1) is 18.7. The van der Waals surface area contributed by atoms with Gasteiger partial charge in [-0.25, -0.2) is 4.68 Å². The van der Waals surface area contributed by atoms with Crippen LogP contribution in [0.4, 0.5) is 5.69 Å². The fourth-order valence-corrected chi connectivity index (χ4v) is 3.35. The highest BCUT2D eigenvalue weighted by molar-refractivity contribution is 8.00. The van der Waals surface area contributed by atoms with Crippen LogP contribution in [0.5, 0.6) is 0 Å². The minimum Gasteiger partial charge on any atom is -0.467 e. The van der Waals surface area contributed by atoms with Gasteiger partial charge in [0.2, 0.25) is 11.1 Å². The molecule has 0 saturated heterocycles. The van der Waals surface area contributed by atoms with E-state index < -0.39 is 5.25 Å². The largest absolute Gasteiger partial charge is 0.467 e. The molecule has 1 unspecified atom stereocenters. The van der Waals surface area contributed by atoms with E-state index in [4.69, 9.17) is 9.68 Å². The molecule has 0 saturated carbocycles. The number of aromatic nitrogens is 4. The summed E-state index contributed by atoms with van der Waals surface area (Å²) in [5.74, 6) is 0.622. The van der Waals surface area contributed by atoms with Gasteiger partial charge in [-0.2, -0.15) is 5.26 Å². The summed E-state index contributed by atoms with van der Waals surface area (Å²) in [5, 5.41) is 20.7. The number of carbonyl (C=O) groups excluding carboxylic acids is 1. The predicted octanol–water partition coefficient (Wildman–Crippen LogP) is 2.74. The van der Waals surface area contributed by atoms with Gasteiger partial charge in [0, 0.05) is 12.2 Å². The molecule has 0 aliphatic rings. The van der Waals surface area contributed by atoms with Crippen molar-refractivity contribution in [1.29, 1.82) is 5.26 Å². The lowest BCUT2D eigenvalue weighted by Gasteiger charge is -2.24. The summed E-state index contributed by atoms with van der Waals surface area (Å²) in [6.07, 6.45) is 1.85. The summed E-state index contributed by atoms with van der Waals surface area (Å²) < 4.78 is 6.92. The van der Waals surface area contributed by atoms with Crippen LogP contribution in [0.25, 0.3) is 0 Å². The third kappa shape index (κ3) is 4.74. The van der Waals surface area contributed by atoms with Crippen molar-refractivity contribution in [3.63, 3.8) is 0 Å². The summed E-state index contributed by atoms with van der Waals surface area (Å²) in [4.78, 5) is 14.6. The fourth-order valence-electron chi connectivity index (χ4n) is 2.49. The molecule has 0 N–H and O–H groups in total. The molecular formula is C18H18N6O2S. The molecule has 0 bridgehead atoms. The smallest absolute Gasteiger partial charge is 0.240 e. The maximum Gasteiger partial charge on any atom is 0.240 e. The van der Waals surface area contributed by atoms with Crippen molar-refractivity contribution in [1.82, 2.24) is 20.2 Å². The van der Waals surface area contributed by atoms with Gasteiger partial charge in [-0.05, 0) is 41.6 Å². The first-order valence-electron chi connectivity index (χ1n) is 8.37. The Morgan fingerprint density at radius 2 is 2.15 bits per heavy atom. The van der Waals surface area contributed by atoms with Crippen LogP contribution in [-0.4, -0.2) is 37.9 Å². The van der Waals surface area contributed by atoms with Crippen LogP contribution in [-0.2, 0) is 11.3 Å². The maximum absolute atomic E-state index is 13.0. The molecule has 0 aliphatic carbocycles. The van der Waals surface area contributed by atoms with Gasteiger partial charge in [0.1, 0.15) is 12.3 Å². The van der Waals surface area contributed by atoms with E-state index in [0.29, 0.717) is 18.2 Å². The molecule has 2 aromatic heterocycles. The van der Waals surface area contributed by atoms with Crippen molar-refractivity contribution in [2.24, 2.45) is 0 Å². The first-order chi connectivity index (χ1) is 13.2. The number of hydrogen-bond acceptors (Lipinski definition) is 7.